The van der Waals surface area contributed by atoms with E-state index in [4.69, 9.17) is 11.6 Å². The van der Waals surface area contributed by atoms with Crippen LogP contribution in [0, 0.1) is 6.92 Å². The summed E-state index contributed by atoms with van der Waals surface area (Å²) in [6.45, 7) is 1.97. The molecule has 2 aromatic carbocycles. The molecule has 22 heavy (non-hydrogen) atoms. The second-order valence-electron chi connectivity index (χ2n) is 4.79. The third kappa shape index (κ3) is 3.53. The number of aromatic nitrogens is 1. The molecule has 3 aromatic rings. The fourth-order valence-corrected chi connectivity index (χ4v) is 2.98. The maximum absolute atomic E-state index is 12.0. The van der Waals surface area contributed by atoms with E-state index in [1.165, 1.54) is 6.08 Å². The van der Waals surface area contributed by atoms with Gasteiger partial charge in [-0.2, -0.15) is 0 Å². The highest BCUT2D eigenvalue weighted by atomic mass is 35.5. The van der Waals surface area contributed by atoms with Gasteiger partial charge in [-0.1, -0.05) is 23.7 Å². The number of fused-ring (bicyclic) bond motifs is 1. The summed E-state index contributed by atoms with van der Waals surface area (Å²) in [6.07, 6.45) is 3.25. The minimum absolute atomic E-state index is 0.179. The van der Waals surface area contributed by atoms with Gasteiger partial charge in [-0.15, -0.1) is 11.3 Å². The highest BCUT2D eigenvalue weighted by molar-refractivity contribution is 7.18. The Kier molecular flexibility index (Phi) is 4.22. The predicted molar refractivity (Wildman–Crippen MR) is 93.5 cm³/mol. The van der Waals surface area contributed by atoms with Gasteiger partial charge in [0.2, 0.25) is 5.91 Å². The number of amides is 1. The lowest BCUT2D eigenvalue weighted by molar-refractivity contribution is -0.111. The molecule has 0 fully saturated rings. The number of nitrogens with zero attached hydrogens (tertiary/aromatic N) is 1. The largest absolute Gasteiger partial charge is 0.322 e. The standard InChI is InChI=1S/C17H13ClN2OS/c1-11-19-15-10-14(7-8-16(15)22-11)20-17(21)9-4-12-2-5-13(18)6-3-12/h2-10H,1H3,(H,20,21)/b9-4+. The number of anilines is 1. The molecule has 1 heterocycles. The van der Waals surface area contributed by atoms with Crippen LogP contribution in [0.2, 0.25) is 5.02 Å². The number of thiazole rings is 1. The number of halogens is 1. The van der Waals surface area contributed by atoms with Crippen LogP contribution in [-0.4, -0.2) is 10.9 Å². The minimum Gasteiger partial charge on any atom is -0.322 e. The Hall–Kier alpha value is -2.17. The van der Waals surface area contributed by atoms with E-state index in [2.05, 4.69) is 10.3 Å². The monoisotopic (exact) mass is 328 g/mol. The third-order valence-electron chi connectivity index (χ3n) is 3.06. The zero-order valence-corrected chi connectivity index (χ0v) is 13.4. The van der Waals surface area contributed by atoms with Crippen molar-refractivity contribution in [1.29, 1.82) is 0 Å². The number of carbonyl (C=O) groups is 1. The molecule has 0 aliphatic heterocycles. The van der Waals surface area contributed by atoms with Gasteiger partial charge >= 0.3 is 0 Å². The van der Waals surface area contributed by atoms with Gasteiger partial charge < -0.3 is 5.32 Å². The molecule has 0 aliphatic carbocycles. The normalized spacial score (nSPS) is 11.2. The zero-order valence-electron chi connectivity index (χ0n) is 11.8. The zero-order chi connectivity index (χ0) is 15.5. The Labute approximate surface area is 137 Å². The molecule has 5 heteroatoms. The molecular weight excluding hydrogens is 316 g/mol. The number of aryl methyl sites for hydroxylation is 1. The summed E-state index contributed by atoms with van der Waals surface area (Å²) in [5.41, 5.74) is 2.57. The van der Waals surface area contributed by atoms with Gasteiger partial charge in [-0.25, -0.2) is 4.98 Å². The van der Waals surface area contributed by atoms with Crippen molar-refractivity contribution in [3.05, 3.63) is 64.1 Å². The van der Waals surface area contributed by atoms with Gasteiger partial charge in [-0.3, -0.25) is 4.79 Å². The van der Waals surface area contributed by atoms with Crippen molar-refractivity contribution in [2.45, 2.75) is 6.92 Å². The van der Waals surface area contributed by atoms with E-state index in [1.807, 2.05) is 37.3 Å². The van der Waals surface area contributed by atoms with Gasteiger partial charge in [0.05, 0.1) is 15.2 Å². The summed E-state index contributed by atoms with van der Waals surface area (Å²) in [5, 5.41) is 4.53. The van der Waals surface area contributed by atoms with Crippen LogP contribution in [0.15, 0.2) is 48.5 Å². The predicted octanol–water partition coefficient (Wildman–Crippen LogP) is 4.91. The summed E-state index contributed by atoms with van der Waals surface area (Å²) in [6, 6.07) is 13.0. The van der Waals surface area contributed by atoms with Crippen LogP contribution >= 0.6 is 22.9 Å². The maximum Gasteiger partial charge on any atom is 0.248 e. The Morgan fingerprint density at radius 2 is 2.00 bits per heavy atom. The first-order valence-corrected chi connectivity index (χ1v) is 7.91. The average molecular weight is 329 g/mol. The van der Waals surface area contributed by atoms with Crippen LogP contribution in [0.25, 0.3) is 16.3 Å². The van der Waals surface area contributed by atoms with Crippen LogP contribution in [0.3, 0.4) is 0 Å². The van der Waals surface area contributed by atoms with Crippen molar-refractivity contribution < 1.29 is 4.79 Å². The van der Waals surface area contributed by atoms with Gasteiger partial charge in [-0.05, 0) is 48.9 Å². The molecule has 0 atom stereocenters. The topological polar surface area (TPSA) is 42.0 Å². The number of carbonyl (C=O) groups excluding carboxylic acids is 1. The lowest BCUT2D eigenvalue weighted by Gasteiger charge is -2.01. The van der Waals surface area contributed by atoms with Crippen molar-refractivity contribution >= 4 is 50.8 Å². The van der Waals surface area contributed by atoms with Crippen LogP contribution in [-0.2, 0) is 4.79 Å². The van der Waals surface area contributed by atoms with Crippen LogP contribution in [0.1, 0.15) is 10.6 Å². The number of nitrogens with one attached hydrogen (secondary N) is 1. The molecule has 0 saturated heterocycles. The first kappa shape index (κ1) is 14.8. The van der Waals surface area contributed by atoms with E-state index in [0.717, 1.165) is 26.5 Å². The van der Waals surface area contributed by atoms with E-state index in [-0.39, 0.29) is 5.91 Å². The second-order valence-corrected chi connectivity index (χ2v) is 6.46. The Bertz CT molecular complexity index is 853. The van der Waals surface area contributed by atoms with Crippen LogP contribution in [0.5, 0.6) is 0 Å². The Morgan fingerprint density at radius 1 is 1.23 bits per heavy atom. The molecule has 0 aliphatic rings. The van der Waals surface area contributed by atoms with Gasteiger partial charge in [0, 0.05) is 16.8 Å². The molecule has 110 valence electrons. The van der Waals surface area contributed by atoms with Crippen molar-refractivity contribution in [1.82, 2.24) is 4.98 Å². The first-order chi connectivity index (χ1) is 10.6. The third-order valence-corrected chi connectivity index (χ3v) is 4.26. The molecule has 0 radical (unpaired) electrons. The molecular formula is C17H13ClN2OS. The quantitative estimate of drug-likeness (QED) is 0.694. The smallest absolute Gasteiger partial charge is 0.248 e. The van der Waals surface area contributed by atoms with E-state index < -0.39 is 0 Å². The molecule has 3 rings (SSSR count). The molecule has 1 amide bonds. The molecule has 0 unspecified atom stereocenters. The molecule has 1 aromatic heterocycles. The summed E-state index contributed by atoms with van der Waals surface area (Å²) in [4.78, 5) is 16.4. The molecule has 1 N–H and O–H groups in total. The molecule has 0 bridgehead atoms. The van der Waals surface area contributed by atoms with Crippen molar-refractivity contribution in [2.75, 3.05) is 5.32 Å². The molecule has 0 saturated carbocycles. The maximum atomic E-state index is 12.0. The lowest BCUT2D eigenvalue weighted by Crippen LogP contribution is -2.07. The van der Waals surface area contributed by atoms with Gasteiger partial charge in [0.15, 0.2) is 0 Å². The number of hydrogen-bond acceptors (Lipinski definition) is 3. The highest BCUT2D eigenvalue weighted by Gasteiger charge is 2.03. The highest BCUT2D eigenvalue weighted by Crippen LogP contribution is 2.24. The summed E-state index contributed by atoms with van der Waals surface area (Å²) in [7, 11) is 0. The summed E-state index contributed by atoms with van der Waals surface area (Å²) in [5.74, 6) is -0.179. The van der Waals surface area contributed by atoms with E-state index >= 15 is 0 Å². The molecule has 0 spiro atoms. The number of rotatable bonds is 3. The average Bonchev–Trinajstić information content (AvgIpc) is 2.86. The molecule has 3 nitrogen and oxygen atoms in total. The first-order valence-electron chi connectivity index (χ1n) is 6.72. The van der Waals surface area contributed by atoms with Crippen molar-refractivity contribution in [2.24, 2.45) is 0 Å². The number of hydrogen-bond donors (Lipinski definition) is 1. The second kappa shape index (κ2) is 6.30. The van der Waals surface area contributed by atoms with Crippen molar-refractivity contribution in [3.63, 3.8) is 0 Å². The SMILES string of the molecule is Cc1nc2cc(NC(=O)/C=C/c3ccc(Cl)cc3)ccc2s1. The van der Waals surface area contributed by atoms with Crippen LogP contribution in [0.4, 0.5) is 5.69 Å². The lowest BCUT2D eigenvalue weighted by atomic mass is 10.2. The van der Waals surface area contributed by atoms with E-state index in [0.29, 0.717) is 5.02 Å². The van der Waals surface area contributed by atoms with Gasteiger partial charge in [0.1, 0.15) is 0 Å². The summed E-state index contributed by atoms with van der Waals surface area (Å²) < 4.78 is 1.12. The van der Waals surface area contributed by atoms with Crippen molar-refractivity contribution in [3.8, 4) is 0 Å². The van der Waals surface area contributed by atoms with E-state index in [9.17, 15) is 4.79 Å². The van der Waals surface area contributed by atoms with E-state index in [1.54, 1.807) is 29.5 Å². The summed E-state index contributed by atoms with van der Waals surface area (Å²) >= 11 is 7.46. The Morgan fingerprint density at radius 3 is 2.77 bits per heavy atom. The van der Waals surface area contributed by atoms with Crippen LogP contribution < -0.4 is 5.32 Å². The van der Waals surface area contributed by atoms with Gasteiger partial charge in [0.25, 0.3) is 0 Å². The fourth-order valence-electron chi connectivity index (χ4n) is 2.05. The Balaban J connectivity index is 1.70. The number of benzene rings is 2. The fraction of sp³-hybridized carbons (Fsp3) is 0.0588. The minimum atomic E-state index is -0.179.